The average molecular weight is 347 g/mol. The normalized spacial score (nSPS) is 14.7. The monoisotopic (exact) mass is 347 g/mol. The molecule has 4 rings (SSSR count). The van der Waals surface area contributed by atoms with Crippen molar-refractivity contribution < 1.29 is 9.47 Å². The molecule has 0 bridgehead atoms. The van der Waals surface area contributed by atoms with Gasteiger partial charge in [0, 0.05) is 23.1 Å². The number of H-pyrrole nitrogens is 1. The van der Waals surface area contributed by atoms with Crippen molar-refractivity contribution in [2.75, 3.05) is 20.0 Å². The van der Waals surface area contributed by atoms with Gasteiger partial charge in [-0.3, -0.25) is 5.10 Å². The number of nitrogens with one attached hydrogen (secondary N) is 1. The minimum Gasteiger partial charge on any atom is -0.497 e. The van der Waals surface area contributed by atoms with Crippen LogP contribution in [0.4, 0.5) is 5.82 Å². The maximum atomic E-state index is 5.98. The highest BCUT2D eigenvalue weighted by molar-refractivity contribution is 5.69. The van der Waals surface area contributed by atoms with E-state index < -0.39 is 0 Å². The molecule has 0 atom stereocenters. The number of benzene rings is 2. The van der Waals surface area contributed by atoms with Gasteiger partial charge in [0.2, 0.25) is 0 Å². The summed E-state index contributed by atoms with van der Waals surface area (Å²) in [6.07, 6.45) is 5.03. The molecule has 0 fully saturated rings. The highest BCUT2D eigenvalue weighted by Gasteiger charge is 2.36. The summed E-state index contributed by atoms with van der Waals surface area (Å²) in [5.74, 6) is 2.21. The highest BCUT2D eigenvalue weighted by Crippen LogP contribution is 2.42. The zero-order valence-electron chi connectivity index (χ0n) is 14.8. The summed E-state index contributed by atoms with van der Waals surface area (Å²) in [6.45, 7) is 0. The first-order valence-electron chi connectivity index (χ1n) is 8.47. The topological polar surface area (TPSA) is 73.2 Å². The molecule has 1 aliphatic rings. The molecule has 132 valence electrons. The van der Waals surface area contributed by atoms with E-state index in [-0.39, 0.29) is 5.41 Å². The van der Waals surface area contributed by atoms with Gasteiger partial charge in [-0.05, 0) is 35.4 Å². The zero-order chi connectivity index (χ0) is 18.1. The second kappa shape index (κ2) is 6.26. The van der Waals surface area contributed by atoms with Crippen LogP contribution in [-0.4, -0.2) is 24.4 Å². The van der Waals surface area contributed by atoms with Crippen molar-refractivity contribution in [3.05, 3.63) is 77.0 Å². The number of aromatic amines is 1. The molecule has 1 heterocycles. The Balaban J connectivity index is 1.86. The van der Waals surface area contributed by atoms with Crippen LogP contribution in [0, 0.1) is 0 Å². The predicted octanol–water partition coefficient (Wildman–Crippen LogP) is 3.56. The van der Waals surface area contributed by atoms with Crippen molar-refractivity contribution in [3.8, 4) is 11.5 Å². The lowest BCUT2D eigenvalue weighted by Gasteiger charge is -2.34. The molecule has 5 nitrogen and oxygen atoms in total. The minimum absolute atomic E-state index is 0.315. The van der Waals surface area contributed by atoms with Crippen molar-refractivity contribution >= 4 is 11.9 Å². The Morgan fingerprint density at radius 3 is 1.96 bits per heavy atom. The molecule has 0 saturated carbocycles. The highest BCUT2D eigenvalue weighted by atomic mass is 16.5. The second-order valence-corrected chi connectivity index (χ2v) is 6.44. The van der Waals surface area contributed by atoms with Crippen molar-refractivity contribution in [2.24, 2.45) is 0 Å². The maximum absolute atomic E-state index is 5.98. The van der Waals surface area contributed by atoms with Gasteiger partial charge in [0.1, 0.15) is 11.5 Å². The first kappa shape index (κ1) is 16.3. The smallest absolute Gasteiger partial charge is 0.152 e. The Hall–Kier alpha value is -3.21. The van der Waals surface area contributed by atoms with E-state index in [0.29, 0.717) is 5.82 Å². The molecule has 2 aromatic carbocycles. The number of aromatic nitrogens is 2. The molecule has 0 saturated heterocycles. The number of rotatable bonds is 4. The van der Waals surface area contributed by atoms with Crippen LogP contribution in [-0.2, 0) is 11.8 Å². The van der Waals surface area contributed by atoms with Crippen molar-refractivity contribution in [1.29, 1.82) is 0 Å². The number of ether oxygens (including phenoxy) is 2. The second-order valence-electron chi connectivity index (χ2n) is 6.44. The third kappa shape index (κ3) is 2.52. The van der Waals surface area contributed by atoms with Crippen LogP contribution < -0.4 is 15.2 Å². The van der Waals surface area contributed by atoms with Crippen molar-refractivity contribution in [3.63, 3.8) is 0 Å². The third-order valence-electron chi connectivity index (χ3n) is 5.11. The molecule has 26 heavy (non-hydrogen) atoms. The fourth-order valence-electron chi connectivity index (χ4n) is 3.63. The Bertz CT molecular complexity index is 893. The van der Waals surface area contributed by atoms with Crippen molar-refractivity contribution in [1.82, 2.24) is 10.2 Å². The molecule has 0 aliphatic heterocycles. The summed E-state index contributed by atoms with van der Waals surface area (Å²) in [5, 5.41) is 7.26. The van der Waals surface area contributed by atoms with E-state index in [0.717, 1.165) is 29.2 Å². The number of anilines is 1. The summed E-state index contributed by atoms with van der Waals surface area (Å²) >= 11 is 0. The predicted molar refractivity (Wildman–Crippen MR) is 103 cm³/mol. The Morgan fingerprint density at radius 1 is 0.923 bits per heavy atom. The first-order chi connectivity index (χ1) is 12.7. The van der Waals surface area contributed by atoms with Crippen LogP contribution in [0.5, 0.6) is 11.5 Å². The zero-order valence-corrected chi connectivity index (χ0v) is 14.8. The molecule has 0 radical (unpaired) electrons. The van der Waals surface area contributed by atoms with Crippen LogP contribution in [0.3, 0.4) is 0 Å². The summed E-state index contributed by atoms with van der Waals surface area (Å²) in [5.41, 5.74) is 10.0. The molecule has 0 unspecified atom stereocenters. The molecule has 0 amide bonds. The van der Waals surface area contributed by atoms with Crippen LogP contribution in [0.2, 0.25) is 0 Å². The molecule has 0 spiro atoms. The summed E-state index contributed by atoms with van der Waals surface area (Å²) in [4.78, 5) is 0. The lowest BCUT2D eigenvalue weighted by molar-refractivity contribution is 0.414. The van der Waals surface area contributed by atoms with Crippen LogP contribution in [0.1, 0.15) is 22.4 Å². The van der Waals surface area contributed by atoms with E-state index in [1.54, 1.807) is 14.2 Å². The Kier molecular flexibility index (Phi) is 3.92. The van der Waals surface area contributed by atoms with E-state index in [4.69, 9.17) is 15.2 Å². The number of allylic oxidation sites excluding steroid dienone is 1. The van der Waals surface area contributed by atoms with Gasteiger partial charge in [0.05, 0.1) is 14.2 Å². The van der Waals surface area contributed by atoms with Gasteiger partial charge in [-0.2, -0.15) is 5.10 Å². The van der Waals surface area contributed by atoms with Gasteiger partial charge in [-0.1, -0.05) is 36.4 Å². The van der Waals surface area contributed by atoms with E-state index in [1.165, 1.54) is 11.1 Å². The first-order valence-corrected chi connectivity index (χ1v) is 8.47. The van der Waals surface area contributed by atoms with Gasteiger partial charge < -0.3 is 15.2 Å². The number of nitrogen functional groups attached to an aromatic ring is 1. The number of fused-ring (bicyclic) bond motifs is 1. The van der Waals surface area contributed by atoms with Crippen LogP contribution in [0.25, 0.3) is 6.08 Å². The van der Waals surface area contributed by atoms with E-state index in [2.05, 4.69) is 46.6 Å². The quantitative estimate of drug-likeness (QED) is 0.757. The minimum atomic E-state index is -0.315. The Labute approximate surface area is 152 Å². The number of nitrogens with zero attached hydrogens (tertiary/aromatic N) is 1. The fraction of sp³-hybridized carbons (Fsp3) is 0.190. The number of nitrogens with two attached hydrogens (primary N) is 1. The van der Waals surface area contributed by atoms with Crippen LogP contribution in [0.15, 0.2) is 54.6 Å². The molecule has 3 aromatic rings. The maximum Gasteiger partial charge on any atom is 0.152 e. The number of methoxy groups -OCH3 is 2. The number of hydrogen-bond donors (Lipinski definition) is 2. The molecular formula is C21H21N3O2. The summed E-state index contributed by atoms with van der Waals surface area (Å²) < 4.78 is 10.6. The van der Waals surface area contributed by atoms with E-state index in [9.17, 15) is 0 Å². The van der Waals surface area contributed by atoms with Gasteiger partial charge >= 0.3 is 0 Å². The third-order valence-corrected chi connectivity index (χ3v) is 5.11. The van der Waals surface area contributed by atoms with Crippen LogP contribution >= 0.6 is 0 Å². The SMILES string of the molecule is COc1ccc(C2(c3ccc(OC)cc3)C=Cc3c(N)n[nH]c3C2)cc1. The standard InChI is InChI=1S/C21H21N3O2/c1-25-16-7-3-14(4-8-16)21(15-5-9-17(26-2)10-6-15)12-11-18-19(13-21)23-24-20(18)22/h3-12H,13H2,1-2H3,(H3,22,23,24). The molecular weight excluding hydrogens is 326 g/mol. The average Bonchev–Trinajstić information content (AvgIpc) is 3.08. The van der Waals surface area contributed by atoms with Gasteiger partial charge in [-0.25, -0.2) is 0 Å². The van der Waals surface area contributed by atoms with Gasteiger partial charge in [0.15, 0.2) is 5.82 Å². The molecule has 5 heteroatoms. The molecule has 1 aromatic heterocycles. The lowest BCUT2D eigenvalue weighted by Crippen LogP contribution is -2.30. The Morgan fingerprint density at radius 2 is 1.46 bits per heavy atom. The number of hydrogen-bond acceptors (Lipinski definition) is 4. The van der Waals surface area contributed by atoms with Crippen molar-refractivity contribution in [2.45, 2.75) is 11.8 Å². The van der Waals surface area contributed by atoms with Gasteiger partial charge in [-0.15, -0.1) is 0 Å². The van der Waals surface area contributed by atoms with Gasteiger partial charge in [0.25, 0.3) is 0 Å². The van der Waals surface area contributed by atoms with E-state index >= 15 is 0 Å². The fourth-order valence-corrected chi connectivity index (χ4v) is 3.63. The summed E-state index contributed by atoms with van der Waals surface area (Å²) in [6, 6.07) is 16.4. The summed E-state index contributed by atoms with van der Waals surface area (Å²) in [7, 11) is 3.35. The molecule has 3 N–H and O–H groups in total. The molecule has 1 aliphatic carbocycles. The largest absolute Gasteiger partial charge is 0.497 e. The lowest BCUT2D eigenvalue weighted by atomic mass is 9.68. The van der Waals surface area contributed by atoms with E-state index in [1.807, 2.05) is 24.3 Å².